The van der Waals surface area contributed by atoms with Gasteiger partial charge in [0.05, 0.1) is 6.20 Å². The Bertz CT molecular complexity index is 428. The summed E-state index contributed by atoms with van der Waals surface area (Å²) in [7, 11) is 0. The predicted octanol–water partition coefficient (Wildman–Crippen LogP) is 0.995. The van der Waals surface area contributed by atoms with Crippen molar-refractivity contribution >= 4 is 41.6 Å². The van der Waals surface area contributed by atoms with Gasteiger partial charge < -0.3 is 10.6 Å². The summed E-state index contributed by atoms with van der Waals surface area (Å²) in [6.07, 6.45) is 1.97. The number of anilines is 2. The van der Waals surface area contributed by atoms with Crippen LogP contribution in [0.2, 0.25) is 5.28 Å². The summed E-state index contributed by atoms with van der Waals surface area (Å²) >= 11 is 9.79. The van der Waals surface area contributed by atoms with Crippen molar-refractivity contribution in [2.45, 2.75) is 6.42 Å². The third kappa shape index (κ3) is 2.08. The standard InChI is InChI=1S/C9H11ClN4OS/c10-9-12-2-6(8(11)13-9)14-3-5(4-16)1-7(14)15/h2,5,16H,1,3-4H2,(H2,11,12,13). The van der Waals surface area contributed by atoms with Crippen LogP contribution in [0.15, 0.2) is 6.20 Å². The van der Waals surface area contributed by atoms with Crippen LogP contribution in [0.1, 0.15) is 6.42 Å². The van der Waals surface area contributed by atoms with E-state index in [0.29, 0.717) is 24.4 Å². The fourth-order valence-electron chi connectivity index (χ4n) is 1.71. The number of nitrogen functional groups attached to an aromatic ring is 1. The van der Waals surface area contributed by atoms with Crippen LogP contribution in [0.5, 0.6) is 0 Å². The summed E-state index contributed by atoms with van der Waals surface area (Å²) in [6.45, 7) is 0.609. The maximum Gasteiger partial charge on any atom is 0.227 e. The van der Waals surface area contributed by atoms with Crippen LogP contribution in [-0.2, 0) is 4.79 Å². The first-order chi connectivity index (χ1) is 7.61. The molecule has 2 heterocycles. The summed E-state index contributed by atoms with van der Waals surface area (Å²) in [5, 5.41) is 0.0821. The molecule has 1 aliphatic rings. The third-order valence-corrected chi connectivity index (χ3v) is 3.22. The van der Waals surface area contributed by atoms with Crippen molar-refractivity contribution in [3.63, 3.8) is 0 Å². The Hall–Kier alpha value is -1.01. The molecule has 86 valence electrons. The monoisotopic (exact) mass is 258 g/mol. The highest BCUT2D eigenvalue weighted by molar-refractivity contribution is 7.80. The zero-order valence-electron chi connectivity index (χ0n) is 8.43. The first-order valence-electron chi connectivity index (χ1n) is 4.81. The van der Waals surface area contributed by atoms with Gasteiger partial charge in [-0.1, -0.05) is 0 Å². The first kappa shape index (κ1) is 11.5. The lowest BCUT2D eigenvalue weighted by Gasteiger charge is -2.17. The Morgan fingerprint density at radius 3 is 3.00 bits per heavy atom. The number of hydrogen-bond donors (Lipinski definition) is 2. The minimum absolute atomic E-state index is 0.0247. The van der Waals surface area contributed by atoms with E-state index in [2.05, 4.69) is 22.6 Å². The molecule has 7 heteroatoms. The molecular weight excluding hydrogens is 248 g/mol. The van der Waals surface area contributed by atoms with Crippen molar-refractivity contribution in [3.8, 4) is 0 Å². The highest BCUT2D eigenvalue weighted by atomic mass is 35.5. The molecule has 2 N–H and O–H groups in total. The van der Waals surface area contributed by atoms with Gasteiger partial charge in [-0.25, -0.2) is 4.98 Å². The molecule has 5 nitrogen and oxygen atoms in total. The number of amides is 1. The molecule has 0 spiro atoms. The molecule has 0 bridgehead atoms. The van der Waals surface area contributed by atoms with Crippen molar-refractivity contribution in [1.82, 2.24) is 9.97 Å². The second-order valence-corrected chi connectivity index (χ2v) is 4.37. The molecule has 1 atom stereocenters. The Morgan fingerprint density at radius 2 is 2.44 bits per heavy atom. The van der Waals surface area contributed by atoms with Crippen LogP contribution in [0.3, 0.4) is 0 Å². The van der Waals surface area contributed by atoms with Crippen LogP contribution in [-0.4, -0.2) is 28.2 Å². The topological polar surface area (TPSA) is 72.1 Å². The van der Waals surface area contributed by atoms with Crippen LogP contribution in [0, 0.1) is 5.92 Å². The third-order valence-electron chi connectivity index (χ3n) is 2.52. The Balaban J connectivity index is 2.28. The number of hydrogen-bond acceptors (Lipinski definition) is 5. The quantitative estimate of drug-likeness (QED) is 0.613. The van der Waals surface area contributed by atoms with Gasteiger partial charge in [-0.2, -0.15) is 17.6 Å². The molecule has 2 rings (SSSR count). The fourth-order valence-corrected chi connectivity index (χ4v) is 2.10. The second-order valence-electron chi connectivity index (χ2n) is 3.67. The smallest absolute Gasteiger partial charge is 0.227 e. The summed E-state index contributed by atoms with van der Waals surface area (Å²) < 4.78 is 0. The number of halogens is 1. The highest BCUT2D eigenvalue weighted by Crippen LogP contribution is 2.28. The number of nitrogens with zero attached hydrogens (tertiary/aromatic N) is 3. The van der Waals surface area contributed by atoms with E-state index in [0.717, 1.165) is 0 Å². The van der Waals surface area contributed by atoms with E-state index in [1.54, 1.807) is 4.90 Å². The largest absolute Gasteiger partial charge is 0.382 e. The highest BCUT2D eigenvalue weighted by Gasteiger charge is 2.31. The maximum absolute atomic E-state index is 11.7. The predicted molar refractivity (Wildman–Crippen MR) is 65.8 cm³/mol. The van der Waals surface area contributed by atoms with E-state index >= 15 is 0 Å². The molecule has 1 amide bonds. The van der Waals surface area contributed by atoms with E-state index in [4.69, 9.17) is 17.3 Å². The maximum atomic E-state index is 11.7. The number of rotatable bonds is 2. The minimum Gasteiger partial charge on any atom is -0.382 e. The van der Waals surface area contributed by atoms with E-state index < -0.39 is 0 Å². The van der Waals surface area contributed by atoms with Gasteiger partial charge in [0.25, 0.3) is 0 Å². The molecule has 1 saturated heterocycles. The second kappa shape index (κ2) is 4.47. The number of aromatic nitrogens is 2. The molecule has 1 aromatic rings. The Kier molecular flexibility index (Phi) is 3.20. The molecule has 16 heavy (non-hydrogen) atoms. The number of nitrogens with two attached hydrogens (primary N) is 1. The van der Waals surface area contributed by atoms with Gasteiger partial charge in [0, 0.05) is 13.0 Å². The number of carbonyl (C=O) groups excluding carboxylic acids is 1. The molecule has 0 aliphatic carbocycles. The van der Waals surface area contributed by atoms with Crippen molar-refractivity contribution in [2.24, 2.45) is 5.92 Å². The SMILES string of the molecule is Nc1nc(Cl)ncc1N1CC(CS)CC1=O. The van der Waals surface area contributed by atoms with Crippen molar-refractivity contribution < 1.29 is 4.79 Å². The molecule has 1 fully saturated rings. The normalized spacial score (nSPS) is 20.5. The summed E-state index contributed by atoms with van der Waals surface area (Å²) in [5.41, 5.74) is 6.23. The fraction of sp³-hybridized carbons (Fsp3) is 0.444. The number of thiol groups is 1. The van der Waals surface area contributed by atoms with E-state index in [1.165, 1.54) is 6.20 Å². The van der Waals surface area contributed by atoms with Crippen LogP contribution in [0.4, 0.5) is 11.5 Å². The lowest BCUT2D eigenvalue weighted by Crippen LogP contribution is -2.26. The summed E-state index contributed by atoms with van der Waals surface area (Å²) in [4.78, 5) is 21.0. The average molecular weight is 259 g/mol. The van der Waals surface area contributed by atoms with Crippen molar-refractivity contribution in [2.75, 3.05) is 22.9 Å². The van der Waals surface area contributed by atoms with E-state index in [9.17, 15) is 4.79 Å². The molecule has 1 unspecified atom stereocenters. The van der Waals surface area contributed by atoms with Crippen LogP contribution in [0.25, 0.3) is 0 Å². The van der Waals surface area contributed by atoms with Gasteiger partial charge in [0.1, 0.15) is 5.69 Å². The number of carbonyl (C=O) groups is 1. The molecule has 1 aliphatic heterocycles. The molecule has 0 radical (unpaired) electrons. The Morgan fingerprint density at radius 1 is 1.69 bits per heavy atom. The van der Waals surface area contributed by atoms with Gasteiger partial charge in [-0.05, 0) is 23.3 Å². The van der Waals surface area contributed by atoms with Gasteiger partial charge in [0.2, 0.25) is 11.2 Å². The zero-order chi connectivity index (χ0) is 11.7. The zero-order valence-corrected chi connectivity index (χ0v) is 10.1. The average Bonchev–Trinajstić information content (AvgIpc) is 2.60. The summed E-state index contributed by atoms with van der Waals surface area (Å²) in [6, 6.07) is 0. The lowest BCUT2D eigenvalue weighted by molar-refractivity contribution is -0.117. The molecular formula is C9H11ClN4OS. The first-order valence-corrected chi connectivity index (χ1v) is 5.82. The molecule has 0 saturated carbocycles. The van der Waals surface area contributed by atoms with Gasteiger partial charge in [-0.3, -0.25) is 4.79 Å². The van der Waals surface area contributed by atoms with Crippen LogP contribution >= 0.6 is 24.2 Å². The molecule has 0 aromatic carbocycles. The van der Waals surface area contributed by atoms with Crippen molar-refractivity contribution in [1.29, 1.82) is 0 Å². The molecule has 1 aromatic heterocycles. The lowest BCUT2D eigenvalue weighted by atomic mass is 10.1. The van der Waals surface area contributed by atoms with Gasteiger partial charge in [-0.15, -0.1) is 0 Å². The Labute approximate surface area is 103 Å². The van der Waals surface area contributed by atoms with E-state index in [-0.39, 0.29) is 22.9 Å². The van der Waals surface area contributed by atoms with Gasteiger partial charge >= 0.3 is 0 Å². The van der Waals surface area contributed by atoms with Gasteiger partial charge in [0.15, 0.2) is 5.82 Å². The summed E-state index contributed by atoms with van der Waals surface area (Å²) in [5.74, 6) is 1.19. The van der Waals surface area contributed by atoms with E-state index in [1.807, 2.05) is 0 Å². The van der Waals surface area contributed by atoms with Crippen molar-refractivity contribution in [3.05, 3.63) is 11.5 Å². The minimum atomic E-state index is 0.0247. The van der Waals surface area contributed by atoms with Crippen LogP contribution < -0.4 is 10.6 Å².